The normalized spacial score (nSPS) is 17.2. The fourth-order valence-corrected chi connectivity index (χ4v) is 4.41. The number of hydrogen-bond donors (Lipinski definition) is 1. The molecule has 7 nitrogen and oxygen atoms in total. The number of hydrogen-bond acceptors (Lipinski definition) is 5. The number of benzene rings is 1. The molecule has 4 heterocycles. The molecular weight excluding hydrogens is 407 g/mol. The van der Waals surface area contributed by atoms with Gasteiger partial charge < -0.3 is 4.90 Å². The number of pyridine rings is 2. The summed E-state index contributed by atoms with van der Waals surface area (Å²) in [5.74, 6) is 0.413. The van der Waals surface area contributed by atoms with Crippen molar-refractivity contribution in [3.05, 3.63) is 66.1 Å². The molecule has 1 saturated heterocycles. The molecule has 2 amide bonds. The highest BCUT2D eigenvalue weighted by molar-refractivity contribution is 6.03. The molecule has 2 aliphatic heterocycles. The van der Waals surface area contributed by atoms with E-state index in [4.69, 9.17) is 4.98 Å². The zero-order valence-corrected chi connectivity index (χ0v) is 17.3. The first-order valence-electron chi connectivity index (χ1n) is 10.6. The molecule has 1 aromatic carbocycles. The van der Waals surface area contributed by atoms with E-state index in [1.807, 2.05) is 24.3 Å². The van der Waals surface area contributed by atoms with E-state index in [-0.39, 0.29) is 17.9 Å². The summed E-state index contributed by atoms with van der Waals surface area (Å²) in [5.41, 5.74) is 2.97. The zero-order chi connectivity index (χ0) is 22.1. The number of halogens is 1. The summed E-state index contributed by atoms with van der Waals surface area (Å²) in [6.45, 7) is 1.77. The third kappa shape index (κ3) is 3.73. The minimum absolute atomic E-state index is 0.00473. The molecular formula is C24H21FN6O. The Hall–Kier alpha value is -3.99. The van der Waals surface area contributed by atoms with Gasteiger partial charge in [0, 0.05) is 24.7 Å². The van der Waals surface area contributed by atoms with Crippen LogP contribution in [0.4, 0.5) is 26.5 Å². The summed E-state index contributed by atoms with van der Waals surface area (Å²) < 4.78 is 13.2. The molecule has 0 saturated carbocycles. The minimum atomic E-state index is -0.461. The van der Waals surface area contributed by atoms with Crippen molar-refractivity contribution >= 4 is 23.4 Å². The number of fused-ring (bicyclic) bond motifs is 5. The van der Waals surface area contributed by atoms with Crippen LogP contribution in [0.5, 0.6) is 0 Å². The van der Waals surface area contributed by atoms with Crippen molar-refractivity contribution in [2.75, 3.05) is 28.2 Å². The van der Waals surface area contributed by atoms with Crippen molar-refractivity contribution in [1.82, 2.24) is 9.97 Å². The average molecular weight is 428 g/mol. The summed E-state index contributed by atoms with van der Waals surface area (Å²) >= 11 is 0. The van der Waals surface area contributed by atoms with Crippen LogP contribution >= 0.6 is 0 Å². The van der Waals surface area contributed by atoms with Crippen molar-refractivity contribution in [2.24, 2.45) is 0 Å². The molecule has 160 valence electrons. The fourth-order valence-electron chi connectivity index (χ4n) is 4.41. The van der Waals surface area contributed by atoms with E-state index in [2.05, 4.69) is 21.3 Å². The SMILES string of the molecule is N#Cc1cccc(-c2ccc3c(n2)N(C(=O)Nc2ccc(F)cn2)[C@@H]2CCCN3CC2)c1. The lowest BCUT2D eigenvalue weighted by atomic mass is 10.1. The standard InChI is InChI=1S/C24H21FN6O/c25-18-6-9-22(27-15-18)29-24(32)31-19-5-2-11-30(12-10-19)21-8-7-20(28-23(21)31)17-4-1-3-16(13-17)14-26/h1,3-4,6-9,13,15,19H,2,5,10-12H2,(H,27,29,32)/t19-/m1/s1. The highest BCUT2D eigenvalue weighted by Gasteiger charge is 2.35. The van der Waals surface area contributed by atoms with Crippen LogP contribution in [-0.2, 0) is 0 Å². The highest BCUT2D eigenvalue weighted by atomic mass is 19.1. The smallest absolute Gasteiger partial charge is 0.328 e. The average Bonchev–Trinajstić information content (AvgIpc) is 3.14. The second-order valence-electron chi connectivity index (χ2n) is 7.97. The molecule has 1 fully saturated rings. The molecule has 0 unspecified atom stereocenters. The number of nitrogens with zero attached hydrogens (tertiary/aromatic N) is 5. The van der Waals surface area contributed by atoms with Gasteiger partial charge in [0.05, 0.1) is 29.2 Å². The van der Waals surface area contributed by atoms with Crippen LogP contribution in [0, 0.1) is 17.1 Å². The quantitative estimate of drug-likeness (QED) is 0.647. The van der Waals surface area contributed by atoms with E-state index in [1.165, 1.54) is 12.1 Å². The molecule has 5 rings (SSSR count). The third-order valence-electron chi connectivity index (χ3n) is 5.95. The van der Waals surface area contributed by atoms with Crippen molar-refractivity contribution in [3.63, 3.8) is 0 Å². The molecule has 2 aromatic heterocycles. The fraction of sp³-hybridized carbons (Fsp3) is 0.250. The van der Waals surface area contributed by atoms with Gasteiger partial charge in [0.25, 0.3) is 0 Å². The largest absolute Gasteiger partial charge is 0.368 e. The summed E-state index contributed by atoms with van der Waals surface area (Å²) in [5, 5.41) is 12.0. The number of carbonyl (C=O) groups excluding carboxylic acids is 1. The maximum absolute atomic E-state index is 13.4. The maximum Gasteiger partial charge on any atom is 0.328 e. The number of rotatable bonds is 2. The summed E-state index contributed by atoms with van der Waals surface area (Å²) in [7, 11) is 0. The van der Waals surface area contributed by atoms with Gasteiger partial charge in [-0.2, -0.15) is 5.26 Å². The second kappa shape index (κ2) is 8.27. The molecule has 0 aliphatic carbocycles. The van der Waals surface area contributed by atoms with Crippen LogP contribution in [0.1, 0.15) is 24.8 Å². The Morgan fingerprint density at radius 2 is 2.06 bits per heavy atom. The van der Waals surface area contributed by atoms with Gasteiger partial charge in [-0.15, -0.1) is 0 Å². The van der Waals surface area contributed by atoms with Gasteiger partial charge in [-0.05, 0) is 55.7 Å². The zero-order valence-electron chi connectivity index (χ0n) is 17.3. The van der Waals surface area contributed by atoms with Gasteiger partial charge >= 0.3 is 6.03 Å². The van der Waals surface area contributed by atoms with Crippen molar-refractivity contribution in [2.45, 2.75) is 25.3 Å². The number of urea groups is 1. The molecule has 0 radical (unpaired) electrons. The van der Waals surface area contributed by atoms with Gasteiger partial charge in [-0.3, -0.25) is 10.2 Å². The molecule has 1 atom stereocenters. The van der Waals surface area contributed by atoms with Gasteiger partial charge in [0.2, 0.25) is 0 Å². The minimum Gasteiger partial charge on any atom is -0.368 e. The molecule has 0 spiro atoms. The Kier molecular flexibility index (Phi) is 5.15. The Morgan fingerprint density at radius 1 is 1.16 bits per heavy atom. The number of aromatic nitrogens is 2. The molecule has 2 bridgehead atoms. The highest BCUT2D eigenvalue weighted by Crippen LogP contribution is 2.38. The number of carbonyl (C=O) groups is 1. The van der Waals surface area contributed by atoms with Crippen LogP contribution in [0.15, 0.2) is 54.7 Å². The van der Waals surface area contributed by atoms with Crippen LogP contribution < -0.4 is 15.1 Å². The van der Waals surface area contributed by atoms with E-state index in [0.717, 1.165) is 49.8 Å². The molecule has 3 aromatic rings. The summed E-state index contributed by atoms with van der Waals surface area (Å²) in [4.78, 5) is 26.2. The first kappa shape index (κ1) is 19.9. The van der Waals surface area contributed by atoms with Crippen molar-refractivity contribution < 1.29 is 9.18 Å². The topological polar surface area (TPSA) is 85.1 Å². The molecule has 2 aliphatic rings. The van der Waals surface area contributed by atoms with E-state index < -0.39 is 5.82 Å². The van der Waals surface area contributed by atoms with Gasteiger partial charge in [0.1, 0.15) is 11.6 Å². The molecule has 32 heavy (non-hydrogen) atoms. The van der Waals surface area contributed by atoms with Crippen LogP contribution in [0.25, 0.3) is 11.3 Å². The van der Waals surface area contributed by atoms with Gasteiger partial charge in [-0.25, -0.2) is 19.2 Å². The monoisotopic (exact) mass is 428 g/mol. The predicted molar refractivity (Wildman–Crippen MR) is 120 cm³/mol. The first-order valence-corrected chi connectivity index (χ1v) is 10.6. The Balaban J connectivity index is 1.57. The van der Waals surface area contributed by atoms with Crippen LogP contribution in [-0.4, -0.2) is 35.1 Å². The van der Waals surface area contributed by atoms with E-state index in [9.17, 15) is 14.4 Å². The number of nitriles is 1. The third-order valence-corrected chi connectivity index (χ3v) is 5.95. The van der Waals surface area contributed by atoms with Crippen molar-refractivity contribution in [3.8, 4) is 17.3 Å². The predicted octanol–water partition coefficient (Wildman–Crippen LogP) is 4.57. The molecule has 8 heteroatoms. The summed E-state index contributed by atoms with van der Waals surface area (Å²) in [6, 6.07) is 15.7. The lowest BCUT2D eigenvalue weighted by molar-refractivity contribution is 0.254. The van der Waals surface area contributed by atoms with Crippen LogP contribution in [0.3, 0.4) is 0 Å². The summed E-state index contributed by atoms with van der Waals surface area (Å²) in [6.07, 6.45) is 3.76. The second-order valence-corrected chi connectivity index (χ2v) is 7.97. The van der Waals surface area contributed by atoms with Crippen molar-refractivity contribution in [1.29, 1.82) is 5.26 Å². The Bertz CT molecular complexity index is 1210. The van der Waals surface area contributed by atoms with E-state index >= 15 is 0 Å². The van der Waals surface area contributed by atoms with Crippen LogP contribution in [0.2, 0.25) is 0 Å². The number of anilines is 3. The number of nitrogens with one attached hydrogen (secondary N) is 1. The lowest BCUT2D eigenvalue weighted by Gasteiger charge is -2.32. The lowest BCUT2D eigenvalue weighted by Crippen LogP contribution is -2.44. The van der Waals surface area contributed by atoms with Gasteiger partial charge in [-0.1, -0.05) is 12.1 Å². The van der Waals surface area contributed by atoms with E-state index in [0.29, 0.717) is 17.1 Å². The van der Waals surface area contributed by atoms with Gasteiger partial charge in [0.15, 0.2) is 5.82 Å². The Labute approximate surface area is 185 Å². The maximum atomic E-state index is 13.4. The molecule has 1 N–H and O–H groups in total. The first-order chi connectivity index (χ1) is 15.6. The van der Waals surface area contributed by atoms with E-state index in [1.54, 1.807) is 17.0 Å². The number of amides is 2. The Morgan fingerprint density at radius 3 is 2.88 bits per heavy atom.